The highest BCUT2D eigenvalue weighted by Crippen LogP contribution is 2.18. The molecule has 0 atom stereocenters. The van der Waals surface area contributed by atoms with Gasteiger partial charge in [-0.3, -0.25) is 14.5 Å². The zero-order valence-corrected chi connectivity index (χ0v) is 19.5. The average molecular weight is 438 g/mol. The number of para-hydroxylation sites is 1. The van der Waals surface area contributed by atoms with E-state index in [-0.39, 0.29) is 17.9 Å². The van der Waals surface area contributed by atoms with Crippen LogP contribution in [0.4, 0.5) is 5.69 Å². The molecule has 0 bridgehead atoms. The molecule has 2 amide bonds. The Morgan fingerprint density at radius 3 is 2.34 bits per heavy atom. The van der Waals surface area contributed by atoms with Gasteiger partial charge in [-0.2, -0.15) is 0 Å². The summed E-state index contributed by atoms with van der Waals surface area (Å²) in [6.07, 6.45) is 2.11. The molecule has 0 saturated carbocycles. The molecule has 1 saturated heterocycles. The van der Waals surface area contributed by atoms with Crippen LogP contribution in [0.1, 0.15) is 32.3 Å². The van der Waals surface area contributed by atoms with Crippen molar-refractivity contribution in [1.29, 1.82) is 0 Å². The molecule has 172 valence electrons. The van der Waals surface area contributed by atoms with Gasteiger partial charge in [0.05, 0.1) is 13.7 Å². The fraction of sp³-hybridized carbons (Fsp3) is 0.462. The van der Waals surface area contributed by atoms with E-state index in [1.54, 1.807) is 7.11 Å². The number of anilines is 1. The molecule has 0 unspecified atom stereocenters. The molecule has 0 spiro atoms. The van der Waals surface area contributed by atoms with Gasteiger partial charge in [-0.15, -0.1) is 0 Å². The first-order valence-corrected chi connectivity index (χ1v) is 11.5. The van der Waals surface area contributed by atoms with E-state index in [1.165, 1.54) is 0 Å². The van der Waals surface area contributed by atoms with Crippen molar-refractivity contribution in [3.8, 4) is 5.75 Å². The van der Waals surface area contributed by atoms with E-state index in [0.717, 1.165) is 49.5 Å². The SMILES string of the molecule is COc1ccc(CCC(=O)N2CCCN(CC(=O)N(c3ccccc3)C(C)C)CC2)cc1. The number of carbonyl (C=O) groups excluding carboxylic acids is 2. The fourth-order valence-corrected chi connectivity index (χ4v) is 4.17. The van der Waals surface area contributed by atoms with Gasteiger partial charge in [0, 0.05) is 44.3 Å². The highest BCUT2D eigenvalue weighted by molar-refractivity contribution is 5.95. The summed E-state index contributed by atoms with van der Waals surface area (Å²) in [6, 6.07) is 17.8. The van der Waals surface area contributed by atoms with Gasteiger partial charge < -0.3 is 14.5 Å². The van der Waals surface area contributed by atoms with Gasteiger partial charge in [0.25, 0.3) is 0 Å². The topological polar surface area (TPSA) is 53.1 Å². The average Bonchev–Trinajstić information content (AvgIpc) is 3.04. The summed E-state index contributed by atoms with van der Waals surface area (Å²) in [5.41, 5.74) is 2.06. The quantitative estimate of drug-likeness (QED) is 0.633. The normalized spacial score (nSPS) is 14.8. The van der Waals surface area contributed by atoms with Crippen molar-refractivity contribution >= 4 is 17.5 Å². The standard InChI is InChI=1S/C26H35N3O3/c1-21(2)29(23-8-5-4-6-9-23)26(31)20-27-16-7-17-28(19-18-27)25(30)15-12-22-10-13-24(32-3)14-11-22/h4-6,8-11,13-14,21H,7,12,15-20H2,1-3H3. The molecular weight excluding hydrogens is 402 g/mol. The number of hydrogen-bond acceptors (Lipinski definition) is 4. The molecule has 32 heavy (non-hydrogen) atoms. The van der Waals surface area contributed by atoms with Crippen LogP contribution in [0.5, 0.6) is 5.75 Å². The Morgan fingerprint density at radius 2 is 1.69 bits per heavy atom. The Morgan fingerprint density at radius 1 is 0.969 bits per heavy atom. The summed E-state index contributed by atoms with van der Waals surface area (Å²) < 4.78 is 5.19. The molecule has 2 aromatic carbocycles. The van der Waals surface area contributed by atoms with Crippen molar-refractivity contribution in [2.45, 2.75) is 39.2 Å². The maximum atomic E-state index is 13.1. The number of hydrogen-bond donors (Lipinski definition) is 0. The number of nitrogens with zero attached hydrogens (tertiary/aromatic N) is 3. The molecule has 1 fully saturated rings. The molecule has 6 heteroatoms. The van der Waals surface area contributed by atoms with Gasteiger partial charge in [-0.1, -0.05) is 30.3 Å². The largest absolute Gasteiger partial charge is 0.497 e. The molecule has 1 heterocycles. The summed E-state index contributed by atoms with van der Waals surface area (Å²) in [6.45, 7) is 7.42. The highest BCUT2D eigenvalue weighted by Gasteiger charge is 2.24. The molecule has 1 aliphatic heterocycles. The minimum absolute atomic E-state index is 0.0907. The Hall–Kier alpha value is -2.86. The summed E-state index contributed by atoms with van der Waals surface area (Å²) >= 11 is 0. The zero-order chi connectivity index (χ0) is 22.9. The second-order valence-corrected chi connectivity index (χ2v) is 8.55. The van der Waals surface area contributed by atoms with Gasteiger partial charge in [-0.05, 0) is 56.5 Å². The van der Waals surface area contributed by atoms with E-state index < -0.39 is 0 Å². The molecule has 2 aromatic rings. The van der Waals surface area contributed by atoms with Crippen molar-refractivity contribution in [3.05, 3.63) is 60.2 Å². The van der Waals surface area contributed by atoms with Crippen molar-refractivity contribution in [2.75, 3.05) is 44.7 Å². The predicted octanol–water partition coefficient (Wildman–Crippen LogP) is 3.60. The molecule has 0 aliphatic carbocycles. The Kier molecular flexibility index (Phi) is 8.68. The van der Waals surface area contributed by atoms with Crippen molar-refractivity contribution in [3.63, 3.8) is 0 Å². The first-order chi connectivity index (χ1) is 15.5. The van der Waals surface area contributed by atoms with Crippen LogP contribution in [-0.2, 0) is 16.0 Å². The van der Waals surface area contributed by atoms with Gasteiger partial charge in [0.1, 0.15) is 5.75 Å². The lowest BCUT2D eigenvalue weighted by Gasteiger charge is -2.30. The van der Waals surface area contributed by atoms with E-state index in [1.807, 2.05) is 78.2 Å². The monoisotopic (exact) mass is 437 g/mol. The predicted molar refractivity (Wildman–Crippen MR) is 128 cm³/mol. The van der Waals surface area contributed by atoms with Crippen LogP contribution in [0.3, 0.4) is 0 Å². The van der Waals surface area contributed by atoms with Gasteiger partial charge in [0.15, 0.2) is 0 Å². The van der Waals surface area contributed by atoms with Crippen LogP contribution in [-0.4, -0.2) is 67.5 Å². The Bertz CT molecular complexity index is 868. The molecule has 0 aromatic heterocycles. The number of carbonyl (C=O) groups is 2. The van der Waals surface area contributed by atoms with Gasteiger partial charge >= 0.3 is 0 Å². The zero-order valence-electron chi connectivity index (χ0n) is 19.5. The van der Waals surface area contributed by atoms with Crippen LogP contribution in [0.15, 0.2) is 54.6 Å². The maximum Gasteiger partial charge on any atom is 0.241 e. The molecule has 6 nitrogen and oxygen atoms in total. The maximum absolute atomic E-state index is 13.1. The van der Waals surface area contributed by atoms with Crippen LogP contribution in [0.25, 0.3) is 0 Å². The van der Waals surface area contributed by atoms with Crippen LogP contribution < -0.4 is 9.64 Å². The van der Waals surface area contributed by atoms with E-state index in [9.17, 15) is 9.59 Å². The molecule has 3 rings (SSSR count). The number of aryl methyl sites for hydroxylation is 1. The number of benzene rings is 2. The Balaban J connectivity index is 1.50. The van der Waals surface area contributed by atoms with E-state index >= 15 is 0 Å². The first-order valence-electron chi connectivity index (χ1n) is 11.5. The van der Waals surface area contributed by atoms with Crippen molar-refractivity contribution in [1.82, 2.24) is 9.80 Å². The molecule has 0 N–H and O–H groups in total. The number of rotatable bonds is 8. The second-order valence-electron chi connectivity index (χ2n) is 8.55. The summed E-state index contributed by atoms with van der Waals surface area (Å²) in [7, 11) is 1.65. The van der Waals surface area contributed by atoms with E-state index in [0.29, 0.717) is 19.5 Å². The minimum Gasteiger partial charge on any atom is -0.497 e. The summed E-state index contributed by atoms with van der Waals surface area (Å²) in [5, 5.41) is 0. The van der Waals surface area contributed by atoms with Crippen LogP contribution in [0.2, 0.25) is 0 Å². The molecule has 1 aliphatic rings. The second kappa shape index (κ2) is 11.7. The highest BCUT2D eigenvalue weighted by atomic mass is 16.5. The lowest BCUT2D eigenvalue weighted by molar-refractivity contribution is -0.131. The minimum atomic E-state index is 0.0907. The van der Waals surface area contributed by atoms with Gasteiger partial charge in [-0.25, -0.2) is 0 Å². The van der Waals surface area contributed by atoms with E-state index in [4.69, 9.17) is 4.74 Å². The van der Waals surface area contributed by atoms with Crippen molar-refractivity contribution in [2.24, 2.45) is 0 Å². The van der Waals surface area contributed by atoms with E-state index in [2.05, 4.69) is 4.90 Å². The number of methoxy groups -OCH3 is 1. The number of amides is 2. The van der Waals surface area contributed by atoms with Gasteiger partial charge in [0.2, 0.25) is 11.8 Å². The Labute approximate surface area is 191 Å². The number of ether oxygens (including phenoxy) is 1. The lowest BCUT2D eigenvalue weighted by Crippen LogP contribution is -2.45. The van der Waals surface area contributed by atoms with Crippen LogP contribution >= 0.6 is 0 Å². The summed E-state index contributed by atoms with van der Waals surface area (Å²) in [4.78, 5) is 31.8. The van der Waals surface area contributed by atoms with Crippen molar-refractivity contribution < 1.29 is 14.3 Å². The lowest BCUT2D eigenvalue weighted by atomic mass is 10.1. The molecule has 0 radical (unpaired) electrons. The third-order valence-electron chi connectivity index (χ3n) is 5.91. The third kappa shape index (κ3) is 6.57. The molecular formula is C26H35N3O3. The first kappa shape index (κ1) is 23.8. The fourth-order valence-electron chi connectivity index (χ4n) is 4.17. The summed E-state index contributed by atoms with van der Waals surface area (Å²) in [5.74, 6) is 1.11. The third-order valence-corrected chi connectivity index (χ3v) is 5.91. The smallest absolute Gasteiger partial charge is 0.241 e. The van der Waals surface area contributed by atoms with Crippen LogP contribution in [0, 0.1) is 0 Å².